The van der Waals surface area contributed by atoms with Crippen molar-refractivity contribution in [2.24, 2.45) is 5.10 Å². The van der Waals surface area contributed by atoms with E-state index in [0.29, 0.717) is 9.60 Å². The highest BCUT2D eigenvalue weighted by molar-refractivity contribution is 7.17. The number of hydrazone groups is 1. The van der Waals surface area contributed by atoms with Gasteiger partial charge in [0.2, 0.25) is 5.13 Å². The molecule has 0 aliphatic carbocycles. The normalized spacial score (nSPS) is 11.6. The molecule has 0 atom stereocenters. The number of halogens is 1. The van der Waals surface area contributed by atoms with Crippen LogP contribution in [0.5, 0.6) is 0 Å². The minimum Gasteiger partial charge on any atom is -0.258 e. The highest BCUT2D eigenvalue weighted by Gasteiger charge is 2.10. The second-order valence-electron chi connectivity index (χ2n) is 5.03. The lowest BCUT2D eigenvalue weighted by Crippen LogP contribution is -1.99. The Balaban J connectivity index is 1.74. The van der Waals surface area contributed by atoms with Gasteiger partial charge in [-0.1, -0.05) is 11.6 Å². The van der Waals surface area contributed by atoms with Crippen LogP contribution in [0.2, 0.25) is 4.47 Å². The zero-order valence-corrected chi connectivity index (χ0v) is 15.6. The van der Waals surface area contributed by atoms with Crippen LogP contribution in [0.15, 0.2) is 34.7 Å². The van der Waals surface area contributed by atoms with E-state index >= 15 is 0 Å². The molecule has 2 aromatic heterocycles. The summed E-state index contributed by atoms with van der Waals surface area (Å²) in [5.74, 6) is 0. The number of aryl methyl sites for hydroxylation is 1. The summed E-state index contributed by atoms with van der Waals surface area (Å²) < 4.78 is 0.483. The van der Waals surface area contributed by atoms with E-state index in [0.717, 1.165) is 27.5 Å². The number of hydrogen-bond acceptors (Lipinski definition) is 8. The van der Waals surface area contributed by atoms with Crippen LogP contribution in [0, 0.1) is 17.0 Å². The number of non-ortho nitro benzene ring substituents is 1. The third kappa shape index (κ3) is 4.01. The first-order valence-corrected chi connectivity index (χ1v) is 9.15. The van der Waals surface area contributed by atoms with E-state index in [-0.39, 0.29) is 5.69 Å². The molecular formula is C15H12ClN5O2S2. The second kappa shape index (κ2) is 7.26. The van der Waals surface area contributed by atoms with Crippen LogP contribution in [0.4, 0.5) is 10.8 Å². The van der Waals surface area contributed by atoms with E-state index in [2.05, 4.69) is 20.5 Å². The molecule has 0 fully saturated rings. The Bertz CT molecular complexity index is 949. The molecule has 128 valence electrons. The fourth-order valence-corrected chi connectivity index (χ4v) is 3.85. The van der Waals surface area contributed by atoms with E-state index in [1.807, 2.05) is 19.2 Å². The summed E-state index contributed by atoms with van der Waals surface area (Å²) in [6, 6.07) is 6.27. The molecular weight excluding hydrogens is 382 g/mol. The molecule has 0 aliphatic heterocycles. The number of benzene rings is 1. The molecule has 0 spiro atoms. The summed E-state index contributed by atoms with van der Waals surface area (Å²) in [5, 5.41) is 17.5. The standard InChI is InChI=1S/C15H12ClN5O2S2/c1-8-13(25-14(16)17-8)9(2)19-20-15-18-12(7-24-15)10-3-5-11(6-4-10)21(22)23/h3-7H,1-2H3,(H,18,20)/b19-9+. The maximum atomic E-state index is 10.7. The number of nitro benzene ring substituents is 1. The smallest absolute Gasteiger partial charge is 0.258 e. The Morgan fingerprint density at radius 3 is 2.64 bits per heavy atom. The molecule has 0 bridgehead atoms. The van der Waals surface area contributed by atoms with E-state index in [9.17, 15) is 10.1 Å². The Morgan fingerprint density at radius 2 is 2.04 bits per heavy atom. The lowest BCUT2D eigenvalue weighted by Gasteiger charge is -1.99. The van der Waals surface area contributed by atoms with Crippen LogP contribution in [-0.2, 0) is 0 Å². The van der Waals surface area contributed by atoms with Gasteiger partial charge in [0.25, 0.3) is 5.69 Å². The summed E-state index contributed by atoms with van der Waals surface area (Å²) in [6.45, 7) is 3.75. The zero-order valence-electron chi connectivity index (χ0n) is 13.2. The second-order valence-corrected chi connectivity index (χ2v) is 7.47. The average Bonchev–Trinajstić information content (AvgIpc) is 3.19. The van der Waals surface area contributed by atoms with Crippen molar-refractivity contribution in [3.63, 3.8) is 0 Å². The Kier molecular flexibility index (Phi) is 5.07. The molecule has 7 nitrogen and oxygen atoms in total. The summed E-state index contributed by atoms with van der Waals surface area (Å²) in [4.78, 5) is 19.8. The first kappa shape index (κ1) is 17.5. The van der Waals surface area contributed by atoms with Crippen molar-refractivity contribution in [3.8, 4) is 11.3 Å². The van der Waals surface area contributed by atoms with E-state index < -0.39 is 4.92 Å². The summed E-state index contributed by atoms with van der Waals surface area (Å²) in [6.07, 6.45) is 0. The van der Waals surface area contributed by atoms with Gasteiger partial charge in [0.1, 0.15) is 0 Å². The van der Waals surface area contributed by atoms with Crippen LogP contribution in [0.1, 0.15) is 17.5 Å². The third-order valence-electron chi connectivity index (χ3n) is 3.30. The van der Waals surface area contributed by atoms with Crippen molar-refractivity contribution in [2.75, 3.05) is 5.43 Å². The summed E-state index contributed by atoms with van der Waals surface area (Å²) in [7, 11) is 0. The number of aromatic nitrogens is 2. The number of anilines is 1. The predicted molar refractivity (Wildman–Crippen MR) is 102 cm³/mol. The van der Waals surface area contributed by atoms with Crippen LogP contribution >= 0.6 is 34.3 Å². The van der Waals surface area contributed by atoms with E-state index in [4.69, 9.17) is 11.6 Å². The van der Waals surface area contributed by atoms with Crippen LogP contribution < -0.4 is 5.43 Å². The first-order valence-electron chi connectivity index (χ1n) is 7.08. The monoisotopic (exact) mass is 393 g/mol. The number of nitrogens with zero attached hydrogens (tertiary/aromatic N) is 4. The molecule has 2 heterocycles. The van der Waals surface area contributed by atoms with E-state index in [1.54, 1.807) is 12.1 Å². The average molecular weight is 394 g/mol. The number of thiazole rings is 2. The van der Waals surface area contributed by atoms with E-state index in [1.165, 1.54) is 34.8 Å². The van der Waals surface area contributed by atoms with Gasteiger partial charge in [0.15, 0.2) is 4.47 Å². The minimum absolute atomic E-state index is 0.0520. The predicted octanol–water partition coefficient (Wildman–Crippen LogP) is 4.97. The minimum atomic E-state index is -0.428. The van der Waals surface area contributed by atoms with Gasteiger partial charge >= 0.3 is 0 Å². The van der Waals surface area contributed by atoms with Gasteiger partial charge in [-0.15, -0.1) is 22.7 Å². The molecule has 0 unspecified atom stereocenters. The lowest BCUT2D eigenvalue weighted by atomic mass is 10.1. The van der Waals surface area contributed by atoms with Gasteiger partial charge in [-0.2, -0.15) is 5.10 Å². The van der Waals surface area contributed by atoms with Gasteiger partial charge in [-0.3, -0.25) is 15.5 Å². The number of nitrogens with one attached hydrogen (secondary N) is 1. The maximum Gasteiger partial charge on any atom is 0.269 e. The number of hydrogen-bond donors (Lipinski definition) is 1. The molecule has 0 saturated carbocycles. The van der Waals surface area contributed by atoms with Gasteiger partial charge in [-0.05, 0) is 26.0 Å². The summed E-state index contributed by atoms with van der Waals surface area (Å²) >= 11 is 8.68. The molecule has 0 radical (unpaired) electrons. The quantitative estimate of drug-likeness (QED) is 0.375. The van der Waals surface area contributed by atoms with Crippen molar-refractivity contribution in [3.05, 3.63) is 54.8 Å². The first-order chi connectivity index (χ1) is 11.9. The summed E-state index contributed by atoms with van der Waals surface area (Å²) in [5.41, 5.74) is 6.12. The van der Waals surface area contributed by atoms with Gasteiger partial charge in [0.05, 0.1) is 26.9 Å². The molecule has 1 aromatic carbocycles. The van der Waals surface area contributed by atoms with Crippen LogP contribution in [0.25, 0.3) is 11.3 Å². The van der Waals surface area contributed by atoms with Crippen LogP contribution in [-0.4, -0.2) is 20.6 Å². The molecule has 0 aliphatic rings. The Morgan fingerprint density at radius 1 is 1.32 bits per heavy atom. The molecule has 10 heteroatoms. The Hall–Kier alpha value is -2.36. The molecule has 3 aromatic rings. The van der Waals surface area contributed by atoms with Crippen molar-refractivity contribution in [2.45, 2.75) is 13.8 Å². The number of rotatable bonds is 5. The molecule has 0 saturated heterocycles. The van der Waals surface area contributed by atoms with Gasteiger partial charge < -0.3 is 0 Å². The zero-order chi connectivity index (χ0) is 18.0. The van der Waals surface area contributed by atoms with Gasteiger partial charge in [0, 0.05) is 23.1 Å². The molecule has 1 N–H and O–H groups in total. The fraction of sp³-hybridized carbons (Fsp3) is 0.133. The van der Waals surface area contributed by atoms with Crippen LogP contribution in [0.3, 0.4) is 0 Å². The largest absolute Gasteiger partial charge is 0.269 e. The van der Waals surface area contributed by atoms with Crippen molar-refractivity contribution < 1.29 is 4.92 Å². The van der Waals surface area contributed by atoms with Gasteiger partial charge in [-0.25, -0.2) is 9.97 Å². The van der Waals surface area contributed by atoms with Crippen molar-refractivity contribution in [1.82, 2.24) is 9.97 Å². The molecule has 0 amide bonds. The highest BCUT2D eigenvalue weighted by Crippen LogP contribution is 2.27. The fourth-order valence-electron chi connectivity index (χ4n) is 2.09. The maximum absolute atomic E-state index is 10.7. The number of nitro groups is 1. The Labute approximate surface area is 156 Å². The topological polar surface area (TPSA) is 93.3 Å². The lowest BCUT2D eigenvalue weighted by molar-refractivity contribution is -0.384. The SMILES string of the molecule is C/C(=N\Nc1nc(-c2ccc([N+](=O)[O-])cc2)cs1)c1sc(Cl)nc1C. The third-order valence-corrected chi connectivity index (χ3v) is 5.41. The van der Waals surface area contributed by atoms with Crippen molar-refractivity contribution in [1.29, 1.82) is 0 Å². The molecule has 25 heavy (non-hydrogen) atoms. The molecule has 3 rings (SSSR count). The highest BCUT2D eigenvalue weighted by atomic mass is 35.5. The van der Waals surface area contributed by atoms with Crippen molar-refractivity contribution >= 4 is 50.8 Å².